The number of carbonyl (C=O) groups excluding carboxylic acids is 3. The second kappa shape index (κ2) is 10.2. The molecule has 0 radical (unpaired) electrons. The molecule has 7 rings (SSSR count). The first-order valence-electron chi connectivity index (χ1n) is 13.5. The Balaban J connectivity index is 1.16. The van der Waals surface area contributed by atoms with E-state index in [1.807, 2.05) is 55.5 Å². The highest BCUT2D eigenvalue weighted by Crippen LogP contribution is 2.46. The Hall–Kier alpha value is -4.48. The molecule has 2 saturated heterocycles. The number of benzene rings is 2. The predicted molar refractivity (Wildman–Crippen MR) is 155 cm³/mol. The van der Waals surface area contributed by atoms with Gasteiger partial charge in [0, 0.05) is 25.3 Å². The molecule has 2 aromatic heterocycles. The number of thiophene rings is 1. The van der Waals surface area contributed by atoms with Crippen LogP contribution in [-0.4, -0.2) is 59.6 Å². The molecule has 0 saturated carbocycles. The summed E-state index contributed by atoms with van der Waals surface area (Å²) in [4.78, 5) is 48.4. The van der Waals surface area contributed by atoms with Crippen LogP contribution in [-0.2, 0) is 9.53 Å². The zero-order valence-electron chi connectivity index (χ0n) is 22.3. The number of carbonyl (C=O) groups is 3. The van der Waals surface area contributed by atoms with Crippen LogP contribution >= 0.6 is 11.3 Å². The standard InChI is InChI=1S/C30H27N5O5S/c1-17-14-20(40-19-7-3-2-4-8-19)9-10-21(17)35-22-11-12-31-28-24(22)25(33-30(35)38)26(41-28)27(36)32-18-6-5-13-34(15-18)29(37)23-16-39-23/h2-4,7-12,14,18,23H,5-6,13,15-16H2,1H3,(H,32,36)(H,33,38). The van der Waals surface area contributed by atoms with Gasteiger partial charge in [-0.25, -0.2) is 9.78 Å². The second-order valence-electron chi connectivity index (χ2n) is 10.4. The summed E-state index contributed by atoms with van der Waals surface area (Å²) < 4.78 is 11.1. The molecule has 208 valence electrons. The summed E-state index contributed by atoms with van der Waals surface area (Å²) in [5, 5.41) is 6.76. The fraction of sp³-hybridized carbons (Fsp3) is 0.267. The molecule has 2 atom stereocenters. The highest BCUT2D eigenvalue weighted by Gasteiger charge is 2.38. The number of aryl methyl sites for hydroxylation is 1. The van der Waals surface area contributed by atoms with Crippen molar-refractivity contribution in [1.82, 2.24) is 15.2 Å². The number of likely N-dealkylation sites (tertiary alicyclic amines) is 1. The van der Waals surface area contributed by atoms with Crippen molar-refractivity contribution in [3.8, 4) is 11.5 Å². The average Bonchev–Trinajstić information content (AvgIpc) is 3.76. The van der Waals surface area contributed by atoms with Gasteiger partial charge in [0.15, 0.2) is 6.10 Å². The maximum Gasteiger partial charge on any atom is 0.331 e. The third-order valence-corrected chi connectivity index (χ3v) is 8.61. The van der Waals surface area contributed by atoms with Crippen molar-refractivity contribution in [1.29, 1.82) is 0 Å². The Kier molecular flexibility index (Phi) is 6.32. The molecular formula is C30H27N5O5S. The minimum absolute atomic E-state index is 0.0166. The van der Waals surface area contributed by atoms with Gasteiger partial charge in [0.1, 0.15) is 21.2 Å². The number of para-hydroxylation sites is 1. The summed E-state index contributed by atoms with van der Waals surface area (Å²) in [6, 6.07) is 16.3. The first kappa shape index (κ1) is 25.5. The Morgan fingerprint density at radius 3 is 2.73 bits per heavy atom. The van der Waals surface area contributed by atoms with Gasteiger partial charge in [-0.05, 0) is 61.7 Å². The quantitative estimate of drug-likeness (QED) is 0.309. The number of nitrogens with zero attached hydrogens (tertiary/aromatic N) is 3. The molecule has 4 aromatic rings. The minimum atomic E-state index is -0.365. The molecule has 2 fully saturated rings. The van der Waals surface area contributed by atoms with Crippen molar-refractivity contribution < 1.29 is 23.9 Å². The van der Waals surface area contributed by atoms with Crippen LogP contribution in [0.25, 0.3) is 10.2 Å². The number of pyridine rings is 1. The zero-order valence-corrected chi connectivity index (χ0v) is 23.1. The predicted octanol–water partition coefficient (Wildman–Crippen LogP) is 5.20. The molecule has 2 unspecified atom stereocenters. The Labute approximate surface area is 239 Å². The molecule has 41 heavy (non-hydrogen) atoms. The highest BCUT2D eigenvalue weighted by atomic mass is 32.1. The van der Waals surface area contributed by atoms with Crippen LogP contribution in [0.4, 0.5) is 21.9 Å². The molecule has 2 N–H and O–H groups in total. The molecule has 3 aliphatic rings. The third kappa shape index (κ3) is 4.76. The summed E-state index contributed by atoms with van der Waals surface area (Å²) in [6.45, 7) is 3.50. The Bertz CT molecular complexity index is 1690. The number of hydrogen-bond donors (Lipinski definition) is 2. The van der Waals surface area contributed by atoms with E-state index >= 15 is 0 Å². The molecule has 3 aliphatic heterocycles. The molecule has 0 spiro atoms. The van der Waals surface area contributed by atoms with Gasteiger partial charge in [-0.3, -0.25) is 14.5 Å². The summed E-state index contributed by atoms with van der Waals surface area (Å²) >= 11 is 1.24. The number of piperidine rings is 1. The summed E-state index contributed by atoms with van der Waals surface area (Å²) in [5.41, 5.74) is 2.67. The average molecular weight is 570 g/mol. The molecule has 0 aliphatic carbocycles. The van der Waals surface area contributed by atoms with Crippen LogP contribution in [0.5, 0.6) is 11.5 Å². The lowest BCUT2D eigenvalue weighted by Crippen LogP contribution is -2.50. The van der Waals surface area contributed by atoms with E-state index in [-0.39, 0.29) is 30.0 Å². The van der Waals surface area contributed by atoms with E-state index in [2.05, 4.69) is 15.6 Å². The largest absolute Gasteiger partial charge is 0.457 e. The van der Waals surface area contributed by atoms with E-state index < -0.39 is 0 Å². The molecule has 0 bridgehead atoms. The van der Waals surface area contributed by atoms with Gasteiger partial charge in [0.2, 0.25) is 0 Å². The number of aromatic nitrogens is 1. The van der Waals surface area contributed by atoms with E-state index in [0.717, 1.165) is 29.5 Å². The number of urea groups is 1. The van der Waals surface area contributed by atoms with Gasteiger partial charge in [-0.15, -0.1) is 11.3 Å². The molecule has 2 aromatic carbocycles. The fourth-order valence-electron chi connectivity index (χ4n) is 5.49. The van der Waals surface area contributed by atoms with Gasteiger partial charge >= 0.3 is 6.03 Å². The number of anilines is 3. The molecule has 5 heterocycles. The number of ether oxygens (including phenoxy) is 2. The minimum Gasteiger partial charge on any atom is -0.457 e. The first-order chi connectivity index (χ1) is 20.0. The van der Waals surface area contributed by atoms with Crippen molar-refractivity contribution in [2.75, 3.05) is 29.9 Å². The normalized spacial score (nSPS) is 19.6. The third-order valence-electron chi connectivity index (χ3n) is 7.52. The monoisotopic (exact) mass is 569 g/mol. The van der Waals surface area contributed by atoms with Crippen LogP contribution in [0.1, 0.15) is 28.1 Å². The lowest BCUT2D eigenvalue weighted by Gasteiger charge is -2.33. The van der Waals surface area contributed by atoms with Crippen LogP contribution in [0, 0.1) is 6.92 Å². The lowest BCUT2D eigenvalue weighted by atomic mass is 10.0. The lowest BCUT2D eigenvalue weighted by molar-refractivity contribution is -0.133. The van der Waals surface area contributed by atoms with Crippen LogP contribution in [0.3, 0.4) is 0 Å². The Morgan fingerprint density at radius 1 is 1.12 bits per heavy atom. The van der Waals surface area contributed by atoms with Crippen molar-refractivity contribution in [3.63, 3.8) is 0 Å². The van der Waals surface area contributed by atoms with Crippen molar-refractivity contribution in [2.45, 2.75) is 31.9 Å². The topological polar surface area (TPSA) is 116 Å². The van der Waals surface area contributed by atoms with Crippen LogP contribution in [0.2, 0.25) is 0 Å². The van der Waals surface area contributed by atoms with Crippen molar-refractivity contribution in [2.24, 2.45) is 0 Å². The van der Waals surface area contributed by atoms with Crippen LogP contribution in [0.15, 0.2) is 60.8 Å². The summed E-state index contributed by atoms with van der Waals surface area (Å²) in [7, 11) is 0. The van der Waals surface area contributed by atoms with Gasteiger partial charge in [-0.2, -0.15) is 0 Å². The maximum atomic E-state index is 13.6. The maximum absolute atomic E-state index is 13.6. The van der Waals surface area contributed by atoms with E-state index in [9.17, 15) is 14.4 Å². The zero-order chi connectivity index (χ0) is 28.1. The van der Waals surface area contributed by atoms with Crippen LogP contribution < -0.4 is 20.3 Å². The number of epoxide rings is 1. The smallest absolute Gasteiger partial charge is 0.331 e. The SMILES string of the molecule is Cc1cc(Oc2ccccc2)ccc1N1C(=O)Nc2c(C(=O)NC3CCCN(C(=O)C4CO4)C3)sc3nccc1c23. The molecular weight excluding hydrogens is 542 g/mol. The Morgan fingerprint density at radius 2 is 1.95 bits per heavy atom. The molecule has 4 amide bonds. The van der Waals surface area contributed by atoms with Gasteiger partial charge in [-0.1, -0.05) is 18.2 Å². The fourth-order valence-corrected chi connectivity index (χ4v) is 6.51. The first-order valence-corrected chi connectivity index (χ1v) is 14.4. The summed E-state index contributed by atoms with van der Waals surface area (Å²) in [6.07, 6.45) is 2.89. The highest BCUT2D eigenvalue weighted by molar-refractivity contribution is 7.21. The molecule has 11 heteroatoms. The second-order valence-corrected chi connectivity index (χ2v) is 11.4. The van der Waals surface area contributed by atoms with E-state index in [4.69, 9.17) is 9.47 Å². The number of rotatable bonds is 6. The van der Waals surface area contributed by atoms with E-state index in [1.165, 1.54) is 11.3 Å². The van der Waals surface area contributed by atoms with Gasteiger partial charge in [0.05, 0.1) is 29.1 Å². The number of amides is 4. The number of nitrogens with one attached hydrogen (secondary N) is 2. The van der Waals surface area contributed by atoms with Gasteiger partial charge < -0.3 is 25.0 Å². The van der Waals surface area contributed by atoms with E-state index in [0.29, 0.717) is 52.2 Å². The van der Waals surface area contributed by atoms with Crippen molar-refractivity contribution >= 4 is 56.5 Å². The van der Waals surface area contributed by atoms with Crippen molar-refractivity contribution in [3.05, 3.63) is 71.2 Å². The number of hydrogen-bond acceptors (Lipinski definition) is 7. The van der Waals surface area contributed by atoms with E-state index in [1.54, 1.807) is 22.1 Å². The van der Waals surface area contributed by atoms with Gasteiger partial charge in [0.25, 0.3) is 11.8 Å². The molecule has 10 nitrogen and oxygen atoms in total. The summed E-state index contributed by atoms with van der Waals surface area (Å²) in [5.74, 6) is 1.09.